The van der Waals surface area contributed by atoms with Crippen LogP contribution < -0.4 is 15.0 Å². The van der Waals surface area contributed by atoms with Crippen molar-refractivity contribution in [2.24, 2.45) is 0 Å². The van der Waals surface area contributed by atoms with E-state index >= 15 is 0 Å². The van der Waals surface area contributed by atoms with Crippen molar-refractivity contribution in [2.45, 2.75) is 33.4 Å². The van der Waals surface area contributed by atoms with Crippen molar-refractivity contribution in [2.75, 3.05) is 18.6 Å². The molecule has 0 fully saturated rings. The van der Waals surface area contributed by atoms with Crippen LogP contribution in [0.25, 0.3) is 17.2 Å². The Morgan fingerprint density at radius 3 is 2.40 bits per heavy atom. The Bertz CT molecular complexity index is 1170. The van der Waals surface area contributed by atoms with Gasteiger partial charge in [0.05, 0.1) is 20.3 Å². The van der Waals surface area contributed by atoms with Gasteiger partial charge in [0.1, 0.15) is 5.75 Å². The fourth-order valence-corrected chi connectivity index (χ4v) is 3.55. The predicted molar refractivity (Wildman–Crippen MR) is 140 cm³/mol. The number of ether oxygens (including phenoxy) is 2. The first kappa shape index (κ1) is 25.6. The summed E-state index contributed by atoms with van der Waals surface area (Å²) in [5.74, 6) is 0.406. The number of amides is 2. The maximum Gasteiger partial charge on any atom is 0.330 e. The minimum absolute atomic E-state index is 0.00704. The van der Waals surface area contributed by atoms with E-state index in [0.717, 1.165) is 33.7 Å². The van der Waals surface area contributed by atoms with Crippen LogP contribution in [0.3, 0.4) is 0 Å². The summed E-state index contributed by atoms with van der Waals surface area (Å²) in [6.07, 6.45) is 3.02. The highest BCUT2D eigenvalue weighted by molar-refractivity contribution is 5.93. The average molecular weight is 473 g/mol. The molecule has 0 saturated heterocycles. The molecule has 3 aromatic carbocycles. The topological polar surface area (TPSA) is 67.9 Å². The summed E-state index contributed by atoms with van der Waals surface area (Å²) in [6.45, 7) is 6.83. The molecular formula is C29H32N2O4. The van der Waals surface area contributed by atoms with Crippen LogP contribution in [0.4, 0.5) is 10.5 Å². The lowest BCUT2D eigenvalue weighted by atomic mass is 10.0. The number of carbonyl (C=O) groups is 2. The molecule has 2 amide bonds. The molecule has 0 heterocycles. The largest absolute Gasteiger partial charge is 0.494 e. The first-order valence-corrected chi connectivity index (χ1v) is 11.7. The lowest BCUT2D eigenvalue weighted by Crippen LogP contribution is -2.42. The zero-order valence-corrected chi connectivity index (χ0v) is 20.7. The molecule has 0 spiro atoms. The Morgan fingerprint density at radius 1 is 0.971 bits per heavy atom. The summed E-state index contributed by atoms with van der Waals surface area (Å²) in [6, 6.07) is 23.4. The molecule has 0 radical (unpaired) electrons. The van der Waals surface area contributed by atoms with E-state index in [-0.39, 0.29) is 12.1 Å². The number of hydrogen-bond acceptors (Lipinski definition) is 4. The molecule has 182 valence electrons. The second-order valence-electron chi connectivity index (χ2n) is 8.30. The van der Waals surface area contributed by atoms with Gasteiger partial charge in [0.15, 0.2) is 0 Å². The zero-order valence-electron chi connectivity index (χ0n) is 20.7. The number of benzene rings is 3. The van der Waals surface area contributed by atoms with E-state index in [1.54, 1.807) is 11.0 Å². The third kappa shape index (κ3) is 7.47. The Morgan fingerprint density at radius 2 is 1.71 bits per heavy atom. The summed E-state index contributed by atoms with van der Waals surface area (Å²) in [5, 5.41) is 2.98. The molecule has 3 rings (SSSR count). The van der Waals surface area contributed by atoms with Crippen LogP contribution in [0, 0.1) is 0 Å². The average Bonchev–Trinajstić information content (AvgIpc) is 2.86. The molecule has 0 aliphatic carbocycles. The van der Waals surface area contributed by atoms with Gasteiger partial charge in [0.2, 0.25) is 0 Å². The van der Waals surface area contributed by atoms with Crippen molar-refractivity contribution >= 4 is 23.8 Å². The van der Waals surface area contributed by atoms with E-state index in [0.29, 0.717) is 13.2 Å². The minimum Gasteiger partial charge on any atom is -0.494 e. The third-order valence-electron chi connectivity index (χ3n) is 5.23. The van der Waals surface area contributed by atoms with Crippen LogP contribution in [-0.4, -0.2) is 31.8 Å². The Hall–Kier alpha value is -4.06. The number of hydrogen-bond donors (Lipinski definition) is 1. The summed E-state index contributed by atoms with van der Waals surface area (Å²) in [7, 11) is 1.34. The van der Waals surface area contributed by atoms with Crippen molar-refractivity contribution < 1.29 is 19.1 Å². The molecule has 0 aliphatic rings. The van der Waals surface area contributed by atoms with Gasteiger partial charge in [-0.3, -0.25) is 4.90 Å². The van der Waals surface area contributed by atoms with Gasteiger partial charge in [-0.25, -0.2) is 9.59 Å². The van der Waals surface area contributed by atoms with Gasteiger partial charge in [-0.15, -0.1) is 0 Å². The Labute approximate surface area is 207 Å². The molecule has 0 saturated carbocycles. The number of esters is 1. The molecular weight excluding hydrogens is 440 g/mol. The molecule has 0 atom stereocenters. The first-order valence-electron chi connectivity index (χ1n) is 11.7. The van der Waals surface area contributed by atoms with Gasteiger partial charge >= 0.3 is 12.0 Å². The lowest BCUT2D eigenvalue weighted by Gasteiger charge is -2.25. The smallest absolute Gasteiger partial charge is 0.330 e. The van der Waals surface area contributed by atoms with E-state index in [4.69, 9.17) is 4.74 Å². The number of nitrogens with one attached hydrogen (secondary N) is 1. The number of nitrogens with zero attached hydrogens (tertiary/aromatic N) is 1. The standard InChI is InChI=1S/C29H32N2O4/c1-5-35-27-11-7-9-25(19-27)24-15-12-23(13-16-24)20-31(29(33)30-21(2)3)26-10-6-8-22(18-26)14-17-28(32)34-4/h6-19,21H,5,20H2,1-4H3,(H,30,33). The molecule has 0 aliphatic heterocycles. The van der Waals surface area contributed by atoms with Crippen LogP contribution in [0.15, 0.2) is 78.9 Å². The van der Waals surface area contributed by atoms with Crippen LogP contribution in [0.2, 0.25) is 0 Å². The van der Waals surface area contributed by atoms with E-state index in [2.05, 4.69) is 22.2 Å². The van der Waals surface area contributed by atoms with Crippen LogP contribution in [0.1, 0.15) is 31.9 Å². The minimum atomic E-state index is -0.434. The first-order chi connectivity index (χ1) is 16.9. The van der Waals surface area contributed by atoms with Crippen LogP contribution in [0.5, 0.6) is 5.75 Å². The van der Waals surface area contributed by atoms with Crippen LogP contribution >= 0.6 is 0 Å². The second-order valence-corrected chi connectivity index (χ2v) is 8.30. The van der Waals surface area contributed by atoms with Gasteiger partial charge in [-0.1, -0.05) is 48.5 Å². The van der Waals surface area contributed by atoms with Gasteiger partial charge in [-0.05, 0) is 73.4 Å². The molecule has 0 aromatic heterocycles. The van der Waals surface area contributed by atoms with Crippen molar-refractivity contribution in [1.29, 1.82) is 0 Å². The maximum absolute atomic E-state index is 13.1. The van der Waals surface area contributed by atoms with Gasteiger partial charge in [-0.2, -0.15) is 0 Å². The molecule has 0 bridgehead atoms. The Balaban J connectivity index is 1.85. The van der Waals surface area contributed by atoms with Gasteiger partial charge < -0.3 is 14.8 Å². The molecule has 35 heavy (non-hydrogen) atoms. The lowest BCUT2D eigenvalue weighted by molar-refractivity contribution is -0.134. The zero-order chi connectivity index (χ0) is 25.2. The predicted octanol–water partition coefficient (Wildman–Crippen LogP) is 6.06. The maximum atomic E-state index is 13.1. The van der Waals surface area contributed by atoms with Crippen molar-refractivity contribution in [3.05, 3.63) is 90.0 Å². The molecule has 6 nitrogen and oxygen atoms in total. The summed E-state index contributed by atoms with van der Waals surface area (Å²) in [5.41, 5.74) is 4.65. The number of anilines is 1. The molecule has 3 aromatic rings. The number of rotatable bonds is 9. The third-order valence-corrected chi connectivity index (χ3v) is 5.23. The SMILES string of the molecule is CCOc1cccc(-c2ccc(CN(C(=O)NC(C)C)c3cccc(C=CC(=O)OC)c3)cc2)c1. The van der Waals surface area contributed by atoms with E-state index in [1.807, 2.05) is 81.4 Å². The van der Waals surface area contributed by atoms with Crippen molar-refractivity contribution in [1.82, 2.24) is 5.32 Å². The molecule has 1 N–H and O–H groups in total. The van der Waals surface area contributed by atoms with E-state index < -0.39 is 5.97 Å². The number of urea groups is 1. The second kappa shape index (κ2) is 12.4. The van der Waals surface area contributed by atoms with Crippen molar-refractivity contribution in [3.8, 4) is 16.9 Å². The fraction of sp³-hybridized carbons (Fsp3) is 0.241. The number of carbonyl (C=O) groups excluding carboxylic acids is 2. The monoisotopic (exact) mass is 472 g/mol. The highest BCUT2D eigenvalue weighted by Gasteiger charge is 2.17. The summed E-state index contributed by atoms with van der Waals surface area (Å²) < 4.78 is 10.3. The highest BCUT2D eigenvalue weighted by atomic mass is 16.5. The Kier molecular flexibility index (Phi) is 9.07. The van der Waals surface area contributed by atoms with Crippen LogP contribution in [-0.2, 0) is 16.1 Å². The summed E-state index contributed by atoms with van der Waals surface area (Å²) in [4.78, 5) is 26.2. The van der Waals surface area contributed by atoms with Gasteiger partial charge in [0, 0.05) is 17.8 Å². The quantitative estimate of drug-likeness (QED) is 0.303. The summed E-state index contributed by atoms with van der Waals surface area (Å²) >= 11 is 0. The number of methoxy groups -OCH3 is 1. The molecule has 0 unspecified atom stereocenters. The highest BCUT2D eigenvalue weighted by Crippen LogP contribution is 2.26. The van der Waals surface area contributed by atoms with Crippen molar-refractivity contribution in [3.63, 3.8) is 0 Å². The van der Waals surface area contributed by atoms with E-state index in [1.165, 1.54) is 13.2 Å². The fourth-order valence-electron chi connectivity index (χ4n) is 3.55. The van der Waals surface area contributed by atoms with E-state index in [9.17, 15) is 9.59 Å². The van der Waals surface area contributed by atoms with Gasteiger partial charge in [0.25, 0.3) is 0 Å². The molecule has 6 heteroatoms. The normalized spacial score (nSPS) is 10.9.